The minimum atomic E-state index is -1.22. The molecule has 3 aromatic rings. The minimum absolute atomic E-state index is 0.177. The van der Waals surface area contributed by atoms with Crippen LogP contribution in [0.1, 0.15) is 11.8 Å². The minimum Gasteiger partial charge on any atom is -0.508 e. The first-order chi connectivity index (χ1) is 13.1. The van der Waals surface area contributed by atoms with Crippen LogP contribution >= 0.6 is 0 Å². The molecule has 1 aliphatic heterocycles. The molecule has 1 fully saturated rings. The quantitative estimate of drug-likeness (QED) is 0.409. The van der Waals surface area contributed by atoms with Crippen molar-refractivity contribution in [2.24, 2.45) is 0 Å². The van der Waals surface area contributed by atoms with Crippen molar-refractivity contribution in [3.8, 4) is 5.75 Å². The number of nitrogens with zero attached hydrogens (tertiary/aromatic N) is 4. The van der Waals surface area contributed by atoms with E-state index in [1.165, 1.54) is 17.2 Å². The normalized spacial score (nSPS) is 25.1. The zero-order valence-corrected chi connectivity index (χ0v) is 14.2. The van der Waals surface area contributed by atoms with Crippen molar-refractivity contribution in [2.45, 2.75) is 31.1 Å². The second-order valence-electron chi connectivity index (χ2n) is 6.30. The zero-order valence-electron chi connectivity index (χ0n) is 14.2. The third-order valence-corrected chi connectivity index (χ3v) is 4.52. The van der Waals surface area contributed by atoms with E-state index in [0.717, 1.165) is 5.56 Å². The lowest BCUT2D eigenvalue weighted by atomic mass is 10.1. The van der Waals surface area contributed by atoms with Gasteiger partial charge >= 0.3 is 0 Å². The number of ether oxygens (including phenoxy) is 1. The number of fused-ring (bicyclic) bond motifs is 1. The van der Waals surface area contributed by atoms with Gasteiger partial charge in [0.2, 0.25) is 0 Å². The fourth-order valence-electron chi connectivity index (χ4n) is 3.13. The van der Waals surface area contributed by atoms with Gasteiger partial charge in [0.15, 0.2) is 23.2 Å². The van der Waals surface area contributed by atoms with Crippen molar-refractivity contribution < 1.29 is 25.2 Å². The topological polar surface area (TPSA) is 146 Å². The first-order valence-electron chi connectivity index (χ1n) is 8.40. The number of rotatable bonds is 5. The van der Waals surface area contributed by atoms with Gasteiger partial charge < -0.3 is 30.5 Å². The van der Waals surface area contributed by atoms with E-state index in [1.54, 1.807) is 18.2 Å². The van der Waals surface area contributed by atoms with Gasteiger partial charge in [-0.15, -0.1) is 0 Å². The Labute approximate surface area is 153 Å². The summed E-state index contributed by atoms with van der Waals surface area (Å²) in [6.45, 7) is 0.00823. The van der Waals surface area contributed by atoms with E-state index >= 15 is 0 Å². The summed E-state index contributed by atoms with van der Waals surface area (Å²) in [4.78, 5) is 12.7. The van der Waals surface area contributed by atoms with Crippen molar-refractivity contribution >= 4 is 17.0 Å². The number of nitrogens with one attached hydrogen (secondary N) is 1. The maximum Gasteiger partial charge on any atom is 0.167 e. The summed E-state index contributed by atoms with van der Waals surface area (Å²) in [7, 11) is 0. The molecule has 1 unspecified atom stereocenters. The van der Waals surface area contributed by atoms with Gasteiger partial charge in [0.25, 0.3) is 0 Å². The lowest BCUT2D eigenvalue weighted by molar-refractivity contribution is -0.0511. The van der Waals surface area contributed by atoms with E-state index in [2.05, 4.69) is 20.3 Å². The second kappa shape index (κ2) is 7.08. The molecular weight excluding hydrogens is 354 g/mol. The number of hydrogen-bond donors (Lipinski definition) is 5. The molecule has 0 saturated carbocycles. The maximum absolute atomic E-state index is 10.2. The summed E-state index contributed by atoms with van der Waals surface area (Å²) in [6, 6.07) is 6.85. The number of aromatic nitrogens is 4. The number of aliphatic hydroxyl groups excluding tert-OH is 3. The smallest absolute Gasteiger partial charge is 0.167 e. The van der Waals surface area contributed by atoms with Crippen LogP contribution in [0.25, 0.3) is 11.2 Å². The Morgan fingerprint density at radius 2 is 2.00 bits per heavy atom. The molecule has 3 heterocycles. The van der Waals surface area contributed by atoms with Crippen LogP contribution in [-0.4, -0.2) is 64.9 Å². The maximum atomic E-state index is 10.2. The van der Waals surface area contributed by atoms with Crippen LogP contribution in [0.2, 0.25) is 0 Å². The van der Waals surface area contributed by atoms with Gasteiger partial charge in [0, 0.05) is 6.54 Å². The standard InChI is InChI=1S/C17H19N5O5/c23-6-11-13(25)14(26)17(27-11)22-8-21-12-15(19-7-20-16(12)22)18-5-9-2-1-3-10(24)4-9/h1-4,7-8,11,13-14,17,23-26H,5-6H2,(H,18,19,20)/t11-,13-,14-,17?/m1/s1. The highest BCUT2D eigenvalue weighted by molar-refractivity contribution is 5.82. The lowest BCUT2D eigenvalue weighted by Gasteiger charge is -2.16. The molecule has 1 saturated heterocycles. The number of aromatic hydroxyl groups is 1. The molecule has 4 rings (SSSR count). The van der Waals surface area contributed by atoms with Crippen LogP contribution < -0.4 is 5.32 Å². The molecule has 5 N–H and O–H groups in total. The van der Waals surface area contributed by atoms with Gasteiger partial charge in [0.05, 0.1) is 12.9 Å². The summed E-state index contributed by atoms with van der Waals surface area (Å²) < 4.78 is 7.03. The largest absolute Gasteiger partial charge is 0.508 e. The number of phenolic OH excluding ortho intramolecular Hbond substituents is 1. The Kier molecular flexibility index (Phi) is 4.62. The summed E-state index contributed by atoms with van der Waals surface area (Å²) in [5.74, 6) is 0.657. The number of imidazole rings is 1. The van der Waals surface area contributed by atoms with Gasteiger partial charge in [-0.05, 0) is 17.7 Å². The van der Waals surface area contributed by atoms with E-state index in [4.69, 9.17) is 4.74 Å². The first kappa shape index (κ1) is 17.6. The van der Waals surface area contributed by atoms with Crippen molar-refractivity contribution in [1.29, 1.82) is 0 Å². The summed E-state index contributed by atoms with van der Waals surface area (Å²) in [5.41, 5.74) is 1.75. The fraction of sp³-hybridized carbons (Fsp3) is 0.353. The molecule has 0 bridgehead atoms. The third kappa shape index (κ3) is 3.19. The van der Waals surface area contributed by atoms with Crippen LogP contribution in [0.4, 0.5) is 5.82 Å². The molecule has 27 heavy (non-hydrogen) atoms. The molecule has 142 valence electrons. The Morgan fingerprint density at radius 3 is 2.74 bits per heavy atom. The van der Waals surface area contributed by atoms with Crippen LogP contribution in [0.3, 0.4) is 0 Å². The summed E-state index contributed by atoms with van der Waals surface area (Å²) >= 11 is 0. The average molecular weight is 373 g/mol. The summed E-state index contributed by atoms with van der Waals surface area (Å²) in [5, 5.41) is 42.1. The summed E-state index contributed by atoms with van der Waals surface area (Å²) in [6.07, 6.45) is -1.43. The van der Waals surface area contributed by atoms with Gasteiger partial charge in [-0.2, -0.15) is 0 Å². The van der Waals surface area contributed by atoms with E-state index in [9.17, 15) is 20.4 Å². The van der Waals surface area contributed by atoms with Crippen LogP contribution in [0.15, 0.2) is 36.9 Å². The molecule has 0 radical (unpaired) electrons. The van der Waals surface area contributed by atoms with Crippen molar-refractivity contribution in [3.05, 3.63) is 42.5 Å². The highest BCUT2D eigenvalue weighted by atomic mass is 16.6. The van der Waals surface area contributed by atoms with E-state index in [1.807, 2.05) is 6.07 Å². The fourth-order valence-corrected chi connectivity index (χ4v) is 3.13. The Hall–Kier alpha value is -2.79. The predicted octanol–water partition coefficient (Wildman–Crippen LogP) is -0.245. The lowest BCUT2D eigenvalue weighted by Crippen LogP contribution is -2.33. The van der Waals surface area contributed by atoms with E-state index in [0.29, 0.717) is 23.5 Å². The van der Waals surface area contributed by atoms with Crippen molar-refractivity contribution in [2.75, 3.05) is 11.9 Å². The van der Waals surface area contributed by atoms with Gasteiger partial charge in [0.1, 0.15) is 30.4 Å². The number of hydrogen-bond acceptors (Lipinski definition) is 9. The molecule has 1 aromatic carbocycles. The molecule has 4 atom stereocenters. The van der Waals surface area contributed by atoms with E-state index in [-0.39, 0.29) is 5.75 Å². The Bertz CT molecular complexity index is 948. The van der Waals surface area contributed by atoms with Crippen molar-refractivity contribution in [1.82, 2.24) is 19.5 Å². The molecule has 0 amide bonds. The number of anilines is 1. The first-order valence-corrected chi connectivity index (χ1v) is 8.40. The zero-order chi connectivity index (χ0) is 19.0. The Morgan fingerprint density at radius 1 is 1.15 bits per heavy atom. The highest BCUT2D eigenvalue weighted by Crippen LogP contribution is 2.32. The number of benzene rings is 1. The molecule has 0 spiro atoms. The predicted molar refractivity (Wildman–Crippen MR) is 93.8 cm³/mol. The number of aliphatic hydroxyl groups is 3. The molecule has 10 heteroatoms. The molecule has 0 aliphatic carbocycles. The van der Waals surface area contributed by atoms with E-state index < -0.39 is 31.1 Å². The second-order valence-corrected chi connectivity index (χ2v) is 6.30. The van der Waals surface area contributed by atoms with Gasteiger partial charge in [-0.3, -0.25) is 4.57 Å². The SMILES string of the molecule is OC[C@H]1OC(n2cnc3c(NCc4cccc(O)c4)ncnc32)[C@H](O)[C@@H]1O. The number of phenols is 1. The monoisotopic (exact) mass is 373 g/mol. The van der Waals surface area contributed by atoms with Gasteiger partial charge in [-0.25, -0.2) is 15.0 Å². The Balaban J connectivity index is 1.60. The third-order valence-electron chi connectivity index (χ3n) is 4.52. The van der Waals surface area contributed by atoms with Crippen LogP contribution in [0, 0.1) is 0 Å². The molecule has 10 nitrogen and oxygen atoms in total. The molecule has 1 aliphatic rings. The highest BCUT2D eigenvalue weighted by Gasteiger charge is 2.44. The van der Waals surface area contributed by atoms with Crippen molar-refractivity contribution in [3.63, 3.8) is 0 Å². The molecular formula is C17H19N5O5. The van der Waals surface area contributed by atoms with Crippen LogP contribution in [-0.2, 0) is 11.3 Å². The van der Waals surface area contributed by atoms with Gasteiger partial charge in [-0.1, -0.05) is 12.1 Å². The average Bonchev–Trinajstić information content (AvgIpc) is 3.22. The van der Waals surface area contributed by atoms with Crippen LogP contribution in [0.5, 0.6) is 5.75 Å². The molecule has 2 aromatic heterocycles.